The second-order valence-electron chi connectivity index (χ2n) is 5.63. The van der Waals surface area contributed by atoms with Gasteiger partial charge in [0.1, 0.15) is 0 Å². The first-order chi connectivity index (χ1) is 8.60. The van der Waals surface area contributed by atoms with Crippen molar-refractivity contribution in [2.75, 3.05) is 7.11 Å². The van der Waals surface area contributed by atoms with Gasteiger partial charge >= 0.3 is 0 Å². The van der Waals surface area contributed by atoms with E-state index >= 15 is 0 Å². The average Bonchev–Trinajstić information content (AvgIpc) is 2.75. The number of rotatable bonds is 4. The lowest BCUT2D eigenvalue weighted by Gasteiger charge is -2.16. The van der Waals surface area contributed by atoms with Crippen LogP contribution in [0.15, 0.2) is 12.1 Å². The van der Waals surface area contributed by atoms with E-state index in [2.05, 4.69) is 38.2 Å². The smallest absolute Gasteiger partial charge is 0.0586 e. The third-order valence-electron chi connectivity index (χ3n) is 4.13. The Morgan fingerprint density at radius 3 is 2.39 bits per heavy atom. The van der Waals surface area contributed by atoms with E-state index < -0.39 is 0 Å². The highest BCUT2D eigenvalue weighted by atomic mass is 16.5. The topological polar surface area (TPSA) is 21.3 Å². The number of benzene rings is 1. The number of hydrogen-bond donors (Lipinski definition) is 1. The Bertz CT molecular complexity index is 391. The van der Waals surface area contributed by atoms with Crippen molar-refractivity contribution in [1.82, 2.24) is 5.32 Å². The number of methoxy groups -OCH3 is 1. The van der Waals surface area contributed by atoms with Gasteiger partial charge in [-0.15, -0.1) is 0 Å². The van der Waals surface area contributed by atoms with Crippen LogP contribution >= 0.6 is 0 Å². The zero-order valence-electron chi connectivity index (χ0n) is 12.0. The molecule has 0 spiro atoms. The molecule has 1 aromatic carbocycles. The summed E-state index contributed by atoms with van der Waals surface area (Å²) in [5, 5.41) is 3.68. The molecule has 0 saturated heterocycles. The van der Waals surface area contributed by atoms with Gasteiger partial charge in [0.25, 0.3) is 0 Å². The Morgan fingerprint density at radius 1 is 1.17 bits per heavy atom. The Morgan fingerprint density at radius 2 is 1.83 bits per heavy atom. The molecule has 0 heterocycles. The first kappa shape index (κ1) is 13.6. The summed E-state index contributed by atoms with van der Waals surface area (Å²) in [6.07, 6.45) is 4.05. The highest BCUT2D eigenvalue weighted by molar-refractivity contribution is 5.37. The van der Waals surface area contributed by atoms with Gasteiger partial charge in [-0.25, -0.2) is 0 Å². The maximum atomic E-state index is 5.42. The molecule has 2 nitrogen and oxygen atoms in total. The third kappa shape index (κ3) is 3.12. The van der Waals surface area contributed by atoms with Gasteiger partial charge in [0.2, 0.25) is 0 Å². The zero-order valence-corrected chi connectivity index (χ0v) is 12.0. The lowest BCUT2D eigenvalue weighted by atomic mass is 9.99. The van der Waals surface area contributed by atoms with E-state index in [-0.39, 0.29) is 0 Å². The molecular formula is C16H25NO. The van der Waals surface area contributed by atoms with Crippen molar-refractivity contribution in [2.45, 2.75) is 58.7 Å². The molecule has 0 bridgehead atoms. The highest BCUT2D eigenvalue weighted by Crippen LogP contribution is 2.23. The Balaban J connectivity index is 1.95. The second-order valence-corrected chi connectivity index (χ2v) is 5.63. The summed E-state index contributed by atoms with van der Waals surface area (Å²) < 4.78 is 5.42. The summed E-state index contributed by atoms with van der Waals surface area (Å²) >= 11 is 0. The van der Waals surface area contributed by atoms with Gasteiger partial charge in [0, 0.05) is 19.7 Å². The van der Waals surface area contributed by atoms with Gasteiger partial charge in [-0.3, -0.25) is 0 Å². The summed E-state index contributed by atoms with van der Waals surface area (Å²) in [5.41, 5.74) is 5.62. The van der Waals surface area contributed by atoms with E-state index in [4.69, 9.17) is 4.74 Å². The van der Waals surface area contributed by atoms with Crippen LogP contribution < -0.4 is 5.32 Å². The molecule has 100 valence electrons. The average molecular weight is 247 g/mol. The van der Waals surface area contributed by atoms with E-state index in [1.54, 1.807) is 0 Å². The largest absolute Gasteiger partial charge is 0.381 e. The zero-order chi connectivity index (χ0) is 13.1. The normalized spacial score (nSPS) is 23.6. The number of ether oxygens (including phenoxy) is 1. The minimum atomic E-state index is 0.461. The van der Waals surface area contributed by atoms with E-state index in [1.807, 2.05) is 7.11 Å². The fourth-order valence-electron chi connectivity index (χ4n) is 3.07. The Kier molecular flexibility index (Phi) is 4.41. The van der Waals surface area contributed by atoms with Crippen molar-refractivity contribution in [3.63, 3.8) is 0 Å². The molecule has 1 aliphatic rings. The maximum absolute atomic E-state index is 5.42. The number of aryl methyl sites for hydroxylation is 3. The third-order valence-corrected chi connectivity index (χ3v) is 4.13. The molecule has 1 fully saturated rings. The van der Waals surface area contributed by atoms with Gasteiger partial charge in [0.05, 0.1) is 6.10 Å². The predicted octanol–water partition coefficient (Wildman–Crippen LogP) is 3.27. The highest BCUT2D eigenvalue weighted by Gasteiger charge is 2.23. The molecular weight excluding hydrogens is 222 g/mol. The molecule has 0 aliphatic heterocycles. The van der Waals surface area contributed by atoms with Gasteiger partial charge < -0.3 is 10.1 Å². The van der Waals surface area contributed by atoms with Crippen molar-refractivity contribution in [1.29, 1.82) is 0 Å². The van der Waals surface area contributed by atoms with Crippen LogP contribution in [0.2, 0.25) is 0 Å². The van der Waals surface area contributed by atoms with Crippen LogP contribution in [0, 0.1) is 20.8 Å². The lowest BCUT2D eigenvalue weighted by Crippen LogP contribution is -2.27. The Hall–Kier alpha value is -0.860. The van der Waals surface area contributed by atoms with Gasteiger partial charge in [-0.1, -0.05) is 17.7 Å². The van der Waals surface area contributed by atoms with Crippen LogP contribution in [0.3, 0.4) is 0 Å². The summed E-state index contributed by atoms with van der Waals surface area (Å²) in [4.78, 5) is 0. The van der Waals surface area contributed by atoms with Gasteiger partial charge in [-0.2, -0.15) is 0 Å². The van der Waals surface area contributed by atoms with Crippen molar-refractivity contribution in [3.8, 4) is 0 Å². The fraction of sp³-hybridized carbons (Fsp3) is 0.625. The minimum absolute atomic E-state index is 0.461. The molecule has 1 saturated carbocycles. The maximum Gasteiger partial charge on any atom is 0.0586 e. The molecule has 2 heteroatoms. The molecule has 0 amide bonds. The summed E-state index contributed by atoms with van der Waals surface area (Å²) in [5.74, 6) is 0. The summed E-state index contributed by atoms with van der Waals surface area (Å²) in [6, 6.07) is 5.17. The monoisotopic (exact) mass is 247 g/mol. The molecule has 0 aromatic heterocycles. The van der Waals surface area contributed by atoms with Crippen LogP contribution in [0.1, 0.15) is 41.5 Å². The molecule has 2 rings (SSSR count). The summed E-state index contributed by atoms with van der Waals surface area (Å²) in [7, 11) is 1.82. The molecule has 1 aliphatic carbocycles. The van der Waals surface area contributed by atoms with Crippen LogP contribution in [0.4, 0.5) is 0 Å². The van der Waals surface area contributed by atoms with E-state index in [0.717, 1.165) is 13.0 Å². The van der Waals surface area contributed by atoms with Crippen LogP contribution in [0.25, 0.3) is 0 Å². The van der Waals surface area contributed by atoms with Crippen LogP contribution in [-0.4, -0.2) is 19.3 Å². The SMILES string of the molecule is COC1CCC(NCc2c(C)cc(C)cc2C)C1. The predicted molar refractivity (Wildman–Crippen MR) is 75.9 cm³/mol. The standard InChI is InChI=1S/C16H25NO/c1-11-7-12(2)16(13(3)8-11)10-17-14-5-6-15(9-14)18-4/h7-8,14-15,17H,5-6,9-10H2,1-4H3. The lowest BCUT2D eigenvalue weighted by molar-refractivity contribution is 0.107. The molecule has 2 unspecified atom stereocenters. The van der Waals surface area contributed by atoms with Crippen LogP contribution in [-0.2, 0) is 11.3 Å². The second kappa shape index (κ2) is 5.85. The molecule has 1 aromatic rings. The molecule has 18 heavy (non-hydrogen) atoms. The Labute approximate surface area is 111 Å². The molecule has 2 atom stereocenters. The molecule has 1 N–H and O–H groups in total. The first-order valence-electron chi connectivity index (χ1n) is 6.93. The van der Waals surface area contributed by atoms with E-state index in [0.29, 0.717) is 12.1 Å². The van der Waals surface area contributed by atoms with E-state index in [1.165, 1.54) is 35.1 Å². The van der Waals surface area contributed by atoms with Gasteiger partial charge in [-0.05, 0) is 56.7 Å². The van der Waals surface area contributed by atoms with E-state index in [9.17, 15) is 0 Å². The van der Waals surface area contributed by atoms with Crippen LogP contribution in [0.5, 0.6) is 0 Å². The fourth-order valence-corrected chi connectivity index (χ4v) is 3.07. The van der Waals surface area contributed by atoms with Crippen molar-refractivity contribution in [3.05, 3.63) is 34.4 Å². The van der Waals surface area contributed by atoms with Crippen molar-refractivity contribution >= 4 is 0 Å². The molecule has 0 radical (unpaired) electrons. The first-order valence-corrected chi connectivity index (χ1v) is 6.93. The van der Waals surface area contributed by atoms with Gasteiger partial charge in [0.15, 0.2) is 0 Å². The van der Waals surface area contributed by atoms with Crippen molar-refractivity contribution < 1.29 is 4.74 Å². The number of nitrogens with one attached hydrogen (secondary N) is 1. The number of hydrogen-bond acceptors (Lipinski definition) is 2. The minimum Gasteiger partial charge on any atom is -0.381 e. The van der Waals surface area contributed by atoms with Crippen molar-refractivity contribution in [2.24, 2.45) is 0 Å². The summed E-state index contributed by atoms with van der Waals surface area (Å²) in [6.45, 7) is 7.57. The quantitative estimate of drug-likeness (QED) is 0.881.